The molecule has 18 heteroatoms. The third-order valence-electron chi connectivity index (χ3n) is 12.3. The van der Waals surface area contributed by atoms with E-state index in [1.807, 2.05) is 0 Å². The number of fused-ring (bicyclic) bond motifs is 8. The summed E-state index contributed by atoms with van der Waals surface area (Å²) in [4.78, 5) is 7.70. The summed E-state index contributed by atoms with van der Waals surface area (Å²) >= 11 is 6.63. The van der Waals surface area contributed by atoms with E-state index >= 15 is 52.7 Å². The molecule has 0 radical (unpaired) electrons. The Kier molecular flexibility index (Phi) is 13.7. The second kappa shape index (κ2) is 19.6. The first kappa shape index (κ1) is 50.5. The van der Waals surface area contributed by atoms with Gasteiger partial charge in [0.05, 0.1) is 45.0 Å². The number of hydrogen-bond acceptors (Lipinski definition) is 0. The normalized spacial score (nSPS) is 16.6. The first-order valence-corrected chi connectivity index (χ1v) is 24.5. The molecule has 0 fully saturated rings. The smallest absolute Gasteiger partial charge is 0.419 e. The van der Waals surface area contributed by atoms with Gasteiger partial charge in [0.1, 0.15) is 0 Å². The van der Waals surface area contributed by atoms with Crippen molar-refractivity contribution >= 4 is 54.2 Å². The van der Waals surface area contributed by atoms with Crippen LogP contribution in [0.2, 0.25) is 0 Å². The van der Waals surface area contributed by atoms with Crippen LogP contribution in [0.4, 0.5) is 52.7 Å². The summed E-state index contributed by atoms with van der Waals surface area (Å²) in [6.07, 6.45) is -22.9. The van der Waals surface area contributed by atoms with Crippen molar-refractivity contribution in [1.29, 1.82) is 0 Å². The molecule has 0 amide bonds. The molecule has 4 nitrogen and oxygen atoms in total. The molecule has 4 aromatic carbocycles. The Balaban J connectivity index is 1.72. The Morgan fingerprint density at radius 1 is 0.361 bits per heavy atom. The van der Waals surface area contributed by atoms with E-state index in [1.54, 1.807) is 12.1 Å². The molecule has 0 saturated heterocycles. The van der Waals surface area contributed by atoms with E-state index in [0.29, 0.717) is 0 Å². The van der Waals surface area contributed by atoms with Crippen molar-refractivity contribution in [3.8, 4) is 0 Å². The SMILES string of the molecule is FC(F)(F)c1c(C(F)(F)F)c2n(CCCBr)c1/C(c1ccccc1)=c1/cc/c([n-]1)=C(\c1ccccc1)c1c(C(F)(F)F)c(C(F)(F)F)c(n1CCCBr)/C(c1ccccc1)=c1/cc/c([nH]1)=C/2c1ccccc1. The highest BCUT2D eigenvalue weighted by Crippen LogP contribution is 2.52. The maximum Gasteiger partial charge on any atom is 0.419 e. The summed E-state index contributed by atoms with van der Waals surface area (Å²) in [7, 11) is 0. The summed E-state index contributed by atoms with van der Waals surface area (Å²) in [6.45, 7) is -0.893. The van der Waals surface area contributed by atoms with E-state index in [1.165, 1.54) is 133 Å². The van der Waals surface area contributed by atoms with Crippen molar-refractivity contribution in [3.05, 3.63) is 234 Å². The van der Waals surface area contributed by atoms with Gasteiger partial charge in [-0.3, -0.25) is 0 Å². The second-order valence-corrected chi connectivity index (χ2v) is 18.3. The third-order valence-corrected chi connectivity index (χ3v) is 13.4. The number of aromatic nitrogens is 4. The van der Waals surface area contributed by atoms with Gasteiger partial charge in [0.25, 0.3) is 0 Å². The van der Waals surface area contributed by atoms with E-state index < -0.39 is 116 Å². The zero-order valence-electron chi connectivity index (χ0n) is 37.2. The molecule has 1 aliphatic rings. The fourth-order valence-corrected chi connectivity index (χ4v) is 10.2. The van der Waals surface area contributed by atoms with E-state index in [0.717, 1.165) is 9.13 Å². The minimum atomic E-state index is -5.72. The van der Waals surface area contributed by atoms with Crippen LogP contribution in [-0.4, -0.2) is 24.8 Å². The van der Waals surface area contributed by atoms with Gasteiger partial charge in [-0.2, -0.15) is 52.7 Å². The Morgan fingerprint density at radius 2 is 0.625 bits per heavy atom. The van der Waals surface area contributed by atoms with Crippen LogP contribution >= 0.6 is 31.9 Å². The standard InChI is InChI=1S/C54H37Br2F12N4/c55-27-13-29-71-47-39(31-15-5-1-6-16-31)35-23-24-36(69-35)40(32-17-7-2-8-18-32)49-45(53(63,64)65)46(54(66,67)68)50(72(49)30-14-28-56)42(34-21-11-4-12-22-34)38-26-25-37(70-38)41(33-19-9-3-10-20-33)48(71)44(52(60,61)62)43(47)51(57,58)59/h1-12,15-26,69H,13-14,27-30H2/q-1/b39-35-,40-36-,41-37-,42-38-,47-39?,48-41?,49-40?,50-42?. The molecule has 4 aromatic heterocycles. The van der Waals surface area contributed by atoms with Crippen molar-refractivity contribution < 1.29 is 52.7 Å². The van der Waals surface area contributed by atoms with Crippen molar-refractivity contribution in [2.75, 3.05) is 10.7 Å². The van der Waals surface area contributed by atoms with Gasteiger partial charge in [0, 0.05) is 45.6 Å². The lowest BCUT2D eigenvalue weighted by Crippen LogP contribution is -2.25. The van der Waals surface area contributed by atoms with Gasteiger partial charge in [-0.15, -0.1) is 10.7 Å². The fraction of sp³-hybridized carbons (Fsp3) is 0.185. The zero-order chi connectivity index (χ0) is 51.3. The monoisotopic (exact) mass is 1130 g/mol. The van der Waals surface area contributed by atoms with Gasteiger partial charge < -0.3 is 19.1 Å². The van der Waals surface area contributed by atoms with Crippen LogP contribution < -0.4 is 26.4 Å². The molecule has 0 unspecified atom stereocenters. The van der Waals surface area contributed by atoms with E-state index in [-0.39, 0.29) is 56.5 Å². The van der Waals surface area contributed by atoms with Gasteiger partial charge in [-0.25, -0.2) is 0 Å². The Bertz CT molecular complexity index is 3070. The lowest BCUT2D eigenvalue weighted by Gasteiger charge is -2.22. The third kappa shape index (κ3) is 9.31. The van der Waals surface area contributed by atoms with Gasteiger partial charge in [0.2, 0.25) is 0 Å². The average molecular weight is 1130 g/mol. The number of alkyl halides is 14. The molecule has 0 aliphatic carbocycles. The zero-order valence-corrected chi connectivity index (χ0v) is 40.4. The average Bonchev–Trinajstić information content (AvgIpc) is 4.15. The number of nitrogens with one attached hydrogen (secondary N) is 1. The topological polar surface area (TPSA) is 39.8 Å². The van der Waals surface area contributed by atoms with Crippen LogP contribution in [-0.2, 0) is 37.8 Å². The van der Waals surface area contributed by atoms with E-state index in [9.17, 15) is 0 Å². The van der Waals surface area contributed by atoms with E-state index in [2.05, 4.69) is 36.8 Å². The molecule has 0 saturated carbocycles. The number of nitrogens with zero attached hydrogens (tertiary/aromatic N) is 3. The summed E-state index contributed by atoms with van der Waals surface area (Å²) in [5.41, 5.74) is -13.8. The van der Waals surface area contributed by atoms with Gasteiger partial charge in [0.15, 0.2) is 0 Å². The second-order valence-electron chi connectivity index (χ2n) is 16.7. The van der Waals surface area contributed by atoms with Gasteiger partial charge >= 0.3 is 24.7 Å². The number of halogens is 14. The summed E-state index contributed by atoms with van der Waals surface area (Å²) < 4.78 is 197. The molecule has 9 rings (SSSR count). The molecule has 72 heavy (non-hydrogen) atoms. The van der Waals surface area contributed by atoms with Crippen LogP contribution in [0.15, 0.2) is 146 Å². The van der Waals surface area contributed by atoms with Crippen molar-refractivity contribution in [3.63, 3.8) is 0 Å². The first-order chi connectivity index (χ1) is 34.3. The highest BCUT2D eigenvalue weighted by Gasteiger charge is 2.53. The molecule has 0 atom stereocenters. The summed E-state index contributed by atoms with van der Waals surface area (Å²) in [5.74, 6) is 0. The molecular weight excluding hydrogens is 1090 g/mol. The molecule has 5 heterocycles. The lowest BCUT2D eigenvalue weighted by atomic mass is 9.94. The highest BCUT2D eigenvalue weighted by atomic mass is 79.9. The lowest BCUT2D eigenvalue weighted by molar-refractivity contribution is -0.161. The van der Waals surface area contributed by atoms with Gasteiger partial charge in [-0.05, 0) is 58.4 Å². The van der Waals surface area contributed by atoms with Crippen LogP contribution in [0, 0.1) is 0 Å². The van der Waals surface area contributed by atoms with Crippen LogP contribution in [0.1, 0.15) is 80.1 Å². The minimum absolute atomic E-state index is 0.00602. The maximum atomic E-state index is 16.3. The highest BCUT2D eigenvalue weighted by molar-refractivity contribution is 9.09. The largest absolute Gasteiger partial charge is 0.657 e. The predicted octanol–water partition coefficient (Wildman–Crippen LogP) is 12.5. The molecule has 8 aromatic rings. The number of H-pyrrole nitrogens is 1. The quantitative estimate of drug-likeness (QED) is 0.108. The maximum absolute atomic E-state index is 16.3. The van der Waals surface area contributed by atoms with Crippen LogP contribution in [0.3, 0.4) is 0 Å². The van der Waals surface area contributed by atoms with Crippen molar-refractivity contribution in [2.45, 2.75) is 50.6 Å². The first-order valence-electron chi connectivity index (χ1n) is 22.2. The minimum Gasteiger partial charge on any atom is -0.657 e. The molecule has 8 bridgehead atoms. The van der Waals surface area contributed by atoms with E-state index in [4.69, 9.17) is 4.98 Å². The number of rotatable bonds is 10. The molecule has 1 N–H and O–H groups in total. The van der Waals surface area contributed by atoms with Crippen LogP contribution in [0.25, 0.3) is 22.3 Å². The molecule has 372 valence electrons. The molecule has 1 aliphatic heterocycles. The summed E-state index contributed by atoms with van der Waals surface area (Å²) in [5, 5.41) is -1.11. The summed E-state index contributed by atoms with van der Waals surface area (Å²) in [6, 6.07) is 33.6. The predicted molar refractivity (Wildman–Crippen MR) is 257 cm³/mol. The van der Waals surface area contributed by atoms with Gasteiger partial charge in [-0.1, -0.05) is 165 Å². The molecular formula is C54H37Br2F12N4-. The number of benzene rings is 4. The number of aromatic amines is 1. The van der Waals surface area contributed by atoms with Crippen molar-refractivity contribution in [2.24, 2.45) is 0 Å². The fourth-order valence-electron chi connectivity index (χ4n) is 9.66. The van der Waals surface area contributed by atoms with Crippen LogP contribution in [0.5, 0.6) is 0 Å². The Hall–Kier alpha value is -6.40. The van der Waals surface area contributed by atoms with Crippen molar-refractivity contribution in [1.82, 2.24) is 19.1 Å². The Labute approximate surface area is 419 Å². The Morgan fingerprint density at radius 3 is 0.889 bits per heavy atom. The number of hydrogen-bond donors (Lipinski definition) is 1. The molecule has 0 spiro atoms.